The highest BCUT2D eigenvalue weighted by Gasteiger charge is 2.40. The molecule has 0 spiro atoms. The van der Waals surface area contributed by atoms with Gasteiger partial charge >= 0.3 is 0 Å². The van der Waals surface area contributed by atoms with Crippen LogP contribution in [-0.2, 0) is 25.3 Å². The molecule has 0 saturated carbocycles. The molecule has 2 aromatic rings. The minimum absolute atomic E-state index is 0.400. The summed E-state index contributed by atoms with van der Waals surface area (Å²) in [6, 6.07) is 19.2. The summed E-state index contributed by atoms with van der Waals surface area (Å²) in [5.41, 5.74) is 1.58. The Balaban J connectivity index is 2.48. The molecule has 0 amide bonds. The van der Waals surface area contributed by atoms with Gasteiger partial charge in [0.15, 0.2) is 0 Å². The molecule has 4 heteroatoms. The van der Waals surface area contributed by atoms with E-state index in [1.165, 1.54) is 0 Å². The van der Waals surface area contributed by atoms with Gasteiger partial charge in [0.2, 0.25) is 0 Å². The molecule has 0 aliphatic heterocycles. The molecule has 0 aromatic heterocycles. The largest absolute Gasteiger partial charge is 0.284 e. The predicted molar refractivity (Wildman–Crippen MR) is 79.1 cm³/mol. The van der Waals surface area contributed by atoms with E-state index in [9.17, 15) is 0 Å². The van der Waals surface area contributed by atoms with Crippen molar-refractivity contribution in [2.45, 2.75) is 19.6 Å². The summed E-state index contributed by atoms with van der Waals surface area (Å²) < 4.78 is 0. The lowest BCUT2D eigenvalue weighted by atomic mass is 9.97. The SMILES string of the molecule is CCOOC(OOCC)(c1ccccc1)c1ccccc1. The average molecular weight is 288 g/mol. The number of hydrogen-bond donors (Lipinski definition) is 0. The first-order valence-corrected chi connectivity index (χ1v) is 7.05. The zero-order valence-corrected chi connectivity index (χ0v) is 12.3. The van der Waals surface area contributed by atoms with E-state index in [0.717, 1.165) is 11.1 Å². The van der Waals surface area contributed by atoms with Gasteiger partial charge in [-0.05, 0) is 13.8 Å². The maximum absolute atomic E-state index is 5.61. The minimum Gasteiger partial charge on any atom is -0.233 e. The Bertz CT molecular complexity index is 463. The molecule has 4 nitrogen and oxygen atoms in total. The van der Waals surface area contributed by atoms with Crippen molar-refractivity contribution in [1.82, 2.24) is 0 Å². The van der Waals surface area contributed by atoms with E-state index in [2.05, 4.69) is 0 Å². The summed E-state index contributed by atoms with van der Waals surface area (Å²) in [5, 5.41) is 0. The summed E-state index contributed by atoms with van der Waals surface area (Å²) in [5.74, 6) is -1.26. The van der Waals surface area contributed by atoms with E-state index in [1.807, 2.05) is 74.5 Å². The summed E-state index contributed by atoms with van der Waals surface area (Å²) in [6.45, 7) is 4.50. The topological polar surface area (TPSA) is 36.9 Å². The standard InChI is InChI=1S/C17H20O4/c1-3-18-20-17(21-19-4-2,15-11-7-5-8-12-15)16-13-9-6-10-14-16/h5-14H,3-4H2,1-2H3. The quantitative estimate of drug-likeness (QED) is 0.420. The Morgan fingerprint density at radius 3 is 1.38 bits per heavy atom. The zero-order valence-electron chi connectivity index (χ0n) is 12.3. The lowest BCUT2D eigenvalue weighted by molar-refractivity contribution is -0.504. The lowest BCUT2D eigenvalue weighted by Crippen LogP contribution is -2.35. The van der Waals surface area contributed by atoms with Crippen LogP contribution in [0.1, 0.15) is 25.0 Å². The molecule has 0 heterocycles. The molecule has 0 aliphatic carbocycles. The Hall–Kier alpha value is -1.72. The first kappa shape index (κ1) is 15.7. The van der Waals surface area contributed by atoms with Crippen LogP contribution in [0.25, 0.3) is 0 Å². The van der Waals surface area contributed by atoms with Gasteiger partial charge in [0.05, 0.1) is 13.2 Å². The molecular weight excluding hydrogens is 268 g/mol. The molecule has 0 radical (unpaired) electrons. The van der Waals surface area contributed by atoms with Gasteiger partial charge in [0, 0.05) is 11.1 Å². The smallest absolute Gasteiger partial charge is 0.233 e. The van der Waals surface area contributed by atoms with Crippen molar-refractivity contribution in [3.05, 3.63) is 71.8 Å². The molecule has 112 valence electrons. The number of hydrogen-bond acceptors (Lipinski definition) is 4. The van der Waals surface area contributed by atoms with E-state index in [-0.39, 0.29) is 0 Å². The molecule has 0 bridgehead atoms. The maximum atomic E-state index is 5.61. The van der Waals surface area contributed by atoms with Gasteiger partial charge in [-0.3, -0.25) is 0 Å². The van der Waals surface area contributed by atoms with Crippen molar-refractivity contribution >= 4 is 0 Å². The monoisotopic (exact) mass is 288 g/mol. The second-order valence-electron chi connectivity index (χ2n) is 4.33. The maximum Gasteiger partial charge on any atom is 0.284 e. The third kappa shape index (κ3) is 3.68. The normalized spacial score (nSPS) is 11.5. The van der Waals surface area contributed by atoms with Gasteiger partial charge in [-0.1, -0.05) is 60.7 Å². The average Bonchev–Trinajstić information content (AvgIpc) is 2.57. The highest BCUT2D eigenvalue weighted by atomic mass is 17.3. The van der Waals surface area contributed by atoms with E-state index in [4.69, 9.17) is 19.6 Å². The summed E-state index contributed by atoms with van der Waals surface area (Å²) in [6.07, 6.45) is 0. The summed E-state index contributed by atoms with van der Waals surface area (Å²) in [7, 11) is 0. The van der Waals surface area contributed by atoms with Crippen molar-refractivity contribution in [3.8, 4) is 0 Å². The van der Waals surface area contributed by atoms with Crippen LogP contribution < -0.4 is 0 Å². The fraction of sp³-hybridized carbons (Fsp3) is 0.294. The predicted octanol–water partition coefficient (Wildman–Crippen LogP) is 3.82. The van der Waals surface area contributed by atoms with Crippen LogP contribution in [0.3, 0.4) is 0 Å². The third-order valence-corrected chi connectivity index (χ3v) is 2.90. The van der Waals surface area contributed by atoms with Crippen molar-refractivity contribution < 1.29 is 19.6 Å². The van der Waals surface area contributed by atoms with Gasteiger partial charge in [0.25, 0.3) is 5.79 Å². The highest BCUT2D eigenvalue weighted by molar-refractivity contribution is 5.33. The van der Waals surface area contributed by atoms with Crippen LogP contribution in [0, 0.1) is 0 Å². The van der Waals surface area contributed by atoms with Crippen LogP contribution in [0.5, 0.6) is 0 Å². The second kappa shape index (κ2) is 7.90. The molecule has 0 fully saturated rings. The molecule has 0 atom stereocenters. The minimum atomic E-state index is -1.26. The summed E-state index contributed by atoms with van der Waals surface area (Å²) >= 11 is 0. The van der Waals surface area contributed by atoms with Crippen LogP contribution in [-0.4, -0.2) is 13.2 Å². The first-order valence-electron chi connectivity index (χ1n) is 7.05. The number of benzene rings is 2. The summed E-state index contributed by atoms with van der Waals surface area (Å²) in [4.78, 5) is 21.6. The van der Waals surface area contributed by atoms with E-state index < -0.39 is 5.79 Å². The van der Waals surface area contributed by atoms with Gasteiger partial charge in [-0.25, -0.2) is 9.78 Å². The molecular formula is C17H20O4. The Morgan fingerprint density at radius 2 is 1.05 bits per heavy atom. The van der Waals surface area contributed by atoms with Gasteiger partial charge in [-0.15, -0.1) is 0 Å². The van der Waals surface area contributed by atoms with Crippen molar-refractivity contribution in [2.75, 3.05) is 13.2 Å². The molecule has 0 aliphatic rings. The van der Waals surface area contributed by atoms with Crippen LogP contribution in [0.2, 0.25) is 0 Å². The van der Waals surface area contributed by atoms with E-state index in [0.29, 0.717) is 13.2 Å². The zero-order chi connectivity index (χ0) is 15.0. The molecule has 2 rings (SSSR count). The van der Waals surface area contributed by atoms with Gasteiger partial charge < -0.3 is 0 Å². The Kier molecular flexibility index (Phi) is 5.90. The van der Waals surface area contributed by atoms with Crippen LogP contribution in [0.4, 0.5) is 0 Å². The fourth-order valence-electron chi connectivity index (χ4n) is 1.97. The third-order valence-electron chi connectivity index (χ3n) is 2.90. The van der Waals surface area contributed by atoms with Crippen LogP contribution >= 0.6 is 0 Å². The van der Waals surface area contributed by atoms with Gasteiger partial charge in [-0.2, -0.15) is 9.78 Å². The lowest BCUT2D eigenvalue weighted by Gasteiger charge is -2.31. The van der Waals surface area contributed by atoms with Crippen LogP contribution in [0.15, 0.2) is 60.7 Å². The Morgan fingerprint density at radius 1 is 0.667 bits per heavy atom. The van der Waals surface area contributed by atoms with E-state index >= 15 is 0 Å². The molecule has 0 N–H and O–H groups in total. The van der Waals surface area contributed by atoms with Gasteiger partial charge in [0.1, 0.15) is 0 Å². The molecule has 0 unspecified atom stereocenters. The van der Waals surface area contributed by atoms with Crippen molar-refractivity contribution in [2.24, 2.45) is 0 Å². The highest BCUT2D eigenvalue weighted by Crippen LogP contribution is 2.35. The fourth-order valence-corrected chi connectivity index (χ4v) is 1.97. The second-order valence-corrected chi connectivity index (χ2v) is 4.33. The first-order chi connectivity index (χ1) is 10.3. The van der Waals surface area contributed by atoms with Crippen molar-refractivity contribution in [3.63, 3.8) is 0 Å². The molecule has 0 saturated heterocycles. The number of rotatable bonds is 8. The van der Waals surface area contributed by atoms with E-state index in [1.54, 1.807) is 0 Å². The molecule has 2 aromatic carbocycles. The Labute approximate surface area is 125 Å². The van der Waals surface area contributed by atoms with Crippen molar-refractivity contribution in [1.29, 1.82) is 0 Å². The molecule has 21 heavy (non-hydrogen) atoms.